The highest BCUT2D eigenvalue weighted by Gasteiger charge is 2.17. The molecule has 3 nitrogen and oxygen atoms in total. The van der Waals surface area contributed by atoms with E-state index in [1.165, 1.54) is 17.7 Å². The molecule has 0 unspecified atom stereocenters. The van der Waals surface area contributed by atoms with E-state index in [-0.39, 0.29) is 0 Å². The minimum atomic E-state index is 0.614. The highest BCUT2D eigenvalue weighted by atomic mass is 32.2. The second-order valence-electron chi connectivity index (χ2n) is 4.16. The Bertz CT molecular complexity index is 363. The fraction of sp³-hybridized carbons (Fsp3) is 0.636. The lowest BCUT2D eigenvalue weighted by molar-refractivity contribution is 0.893. The SMILES string of the molecule is CC(C)SCc1nc(N)c2c(n1)CCC2. The van der Waals surface area contributed by atoms with E-state index in [0.29, 0.717) is 11.1 Å². The van der Waals surface area contributed by atoms with Gasteiger partial charge in [0.1, 0.15) is 11.6 Å². The van der Waals surface area contributed by atoms with Crippen LogP contribution in [0.1, 0.15) is 37.4 Å². The number of nitrogen functional groups attached to an aromatic ring is 1. The van der Waals surface area contributed by atoms with Crippen LogP contribution in [0.25, 0.3) is 0 Å². The molecular weight excluding hydrogens is 206 g/mol. The van der Waals surface area contributed by atoms with Crippen LogP contribution in [0.5, 0.6) is 0 Å². The Morgan fingerprint density at radius 3 is 2.87 bits per heavy atom. The van der Waals surface area contributed by atoms with Crippen molar-refractivity contribution in [3.05, 3.63) is 17.1 Å². The van der Waals surface area contributed by atoms with E-state index in [1.54, 1.807) is 0 Å². The third-order valence-electron chi connectivity index (χ3n) is 2.56. The van der Waals surface area contributed by atoms with Gasteiger partial charge in [-0.3, -0.25) is 0 Å². The summed E-state index contributed by atoms with van der Waals surface area (Å²) in [5, 5.41) is 0.614. The lowest BCUT2D eigenvalue weighted by atomic mass is 10.2. The molecule has 2 rings (SSSR count). The maximum absolute atomic E-state index is 5.92. The number of fused-ring (bicyclic) bond motifs is 1. The van der Waals surface area contributed by atoms with E-state index in [0.717, 1.165) is 24.4 Å². The molecule has 1 heterocycles. The molecule has 0 aromatic carbocycles. The van der Waals surface area contributed by atoms with Crippen molar-refractivity contribution in [1.29, 1.82) is 0 Å². The topological polar surface area (TPSA) is 51.8 Å². The zero-order valence-corrected chi connectivity index (χ0v) is 10.1. The van der Waals surface area contributed by atoms with Crippen molar-refractivity contribution in [3.8, 4) is 0 Å². The molecule has 0 atom stereocenters. The molecule has 0 amide bonds. The van der Waals surface area contributed by atoms with Gasteiger partial charge in [-0.2, -0.15) is 11.8 Å². The monoisotopic (exact) mass is 223 g/mol. The van der Waals surface area contributed by atoms with Crippen LogP contribution >= 0.6 is 11.8 Å². The summed E-state index contributed by atoms with van der Waals surface area (Å²) in [6, 6.07) is 0. The number of thioether (sulfide) groups is 1. The quantitative estimate of drug-likeness (QED) is 0.853. The van der Waals surface area contributed by atoms with Crippen molar-refractivity contribution in [2.45, 2.75) is 44.1 Å². The predicted octanol–water partition coefficient (Wildman–Crippen LogP) is 2.19. The Hall–Kier alpha value is -0.770. The van der Waals surface area contributed by atoms with Gasteiger partial charge < -0.3 is 5.73 Å². The molecule has 0 aliphatic heterocycles. The Kier molecular flexibility index (Phi) is 3.14. The summed E-state index contributed by atoms with van der Waals surface area (Å²) in [6.45, 7) is 4.36. The highest BCUT2D eigenvalue weighted by Crippen LogP contribution is 2.25. The number of aryl methyl sites for hydroxylation is 1. The minimum Gasteiger partial charge on any atom is -0.383 e. The van der Waals surface area contributed by atoms with E-state index in [9.17, 15) is 0 Å². The Labute approximate surface area is 94.9 Å². The average molecular weight is 223 g/mol. The third kappa shape index (κ3) is 2.43. The maximum Gasteiger partial charge on any atom is 0.140 e. The molecule has 1 aliphatic carbocycles. The van der Waals surface area contributed by atoms with Crippen molar-refractivity contribution in [1.82, 2.24) is 9.97 Å². The fourth-order valence-corrected chi connectivity index (χ4v) is 2.43. The Balaban J connectivity index is 2.16. The summed E-state index contributed by atoms with van der Waals surface area (Å²) in [4.78, 5) is 8.94. The fourth-order valence-electron chi connectivity index (χ4n) is 1.82. The molecule has 0 spiro atoms. The summed E-state index contributed by atoms with van der Waals surface area (Å²) in [7, 11) is 0. The number of nitrogens with two attached hydrogens (primary N) is 1. The Morgan fingerprint density at radius 2 is 2.13 bits per heavy atom. The standard InChI is InChI=1S/C11H17N3S/c1-7(2)15-6-10-13-9-5-3-4-8(9)11(12)14-10/h7H,3-6H2,1-2H3,(H2,12,13,14). The smallest absolute Gasteiger partial charge is 0.140 e. The van der Waals surface area contributed by atoms with Gasteiger partial charge in [-0.1, -0.05) is 13.8 Å². The van der Waals surface area contributed by atoms with E-state index in [1.807, 2.05) is 11.8 Å². The molecule has 0 radical (unpaired) electrons. The van der Waals surface area contributed by atoms with Crippen LogP contribution < -0.4 is 5.73 Å². The first-order chi connectivity index (χ1) is 7.16. The number of anilines is 1. The maximum atomic E-state index is 5.92. The molecule has 2 N–H and O–H groups in total. The second-order valence-corrected chi connectivity index (χ2v) is 5.73. The van der Waals surface area contributed by atoms with Crippen LogP contribution in [0.3, 0.4) is 0 Å². The van der Waals surface area contributed by atoms with Crippen LogP contribution in [0.2, 0.25) is 0 Å². The summed E-state index contributed by atoms with van der Waals surface area (Å²) in [5.41, 5.74) is 8.29. The molecule has 4 heteroatoms. The van der Waals surface area contributed by atoms with Gasteiger partial charge >= 0.3 is 0 Å². The van der Waals surface area contributed by atoms with Crippen molar-refractivity contribution in [3.63, 3.8) is 0 Å². The number of hydrogen-bond acceptors (Lipinski definition) is 4. The van der Waals surface area contributed by atoms with E-state index < -0.39 is 0 Å². The molecule has 0 saturated heterocycles. The van der Waals surface area contributed by atoms with Crippen molar-refractivity contribution >= 4 is 17.6 Å². The third-order valence-corrected chi connectivity index (χ3v) is 3.65. The van der Waals surface area contributed by atoms with Gasteiger partial charge in [-0.25, -0.2) is 9.97 Å². The summed E-state index contributed by atoms with van der Waals surface area (Å²) in [5.74, 6) is 2.47. The van der Waals surface area contributed by atoms with Crippen LogP contribution in [0.15, 0.2) is 0 Å². The number of hydrogen-bond donors (Lipinski definition) is 1. The van der Waals surface area contributed by atoms with Gasteiger partial charge in [0.15, 0.2) is 0 Å². The van der Waals surface area contributed by atoms with Gasteiger partial charge in [-0.05, 0) is 24.5 Å². The van der Waals surface area contributed by atoms with Gasteiger partial charge in [-0.15, -0.1) is 0 Å². The second kappa shape index (κ2) is 4.39. The number of rotatable bonds is 3. The predicted molar refractivity (Wildman–Crippen MR) is 64.9 cm³/mol. The minimum absolute atomic E-state index is 0.614. The number of aromatic nitrogens is 2. The molecular formula is C11H17N3S. The summed E-state index contributed by atoms with van der Waals surface area (Å²) in [6.07, 6.45) is 3.30. The zero-order chi connectivity index (χ0) is 10.8. The lowest BCUT2D eigenvalue weighted by Gasteiger charge is -2.07. The first-order valence-electron chi connectivity index (χ1n) is 5.42. The van der Waals surface area contributed by atoms with Crippen molar-refractivity contribution in [2.24, 2.45) is 0 Å². The van der Waals surface area contributed by atoms with E-state index >= 15 is 0 Å². The molecule has 0 saturated carbocycles. The molecule has 15 heavy (non-hydrogen) atoms. The van der Waals surface area contributed by atoms with Crippen molar-refractivity contribution in [2.75, 3.05) is 5.73 Å². The van der Waals surface area contributed by atoms with Gasteiger partial charge in [0.05, 0.1) is 5.75 Å². The molecule has 1 aromatic rings. The first-order valence-corrected chi connectivity index (χ1v) is 6.47. The van der Waals surface area contributed by atoms with Gasteiger partial charge in [0, 0.05) is 11.3 Å². The molecule has 1 aromatic heterocycles. The molecule has 0 bridgehead atoms. The van der Waals surface area contributed by atoms with Crippen molar-refractivity contribution < 1.29 is 0 Å². The molecule has 1 aliphatic rings. The van der Waals surface area contributed by atoms with Crippen LogP contribution in [-0.2, 0) is 18.6 Å². The lowest BCUT2D eigenvalue weighted by Crippen LogP contribution is -2.05. The van der Waals surface area contributed by atoms with Gasteiger partial charge in [0.2, 0.25) is 0 Å². The highest BCUT2D eigenvalue weighted by molar-refractivity contribution is 7.99. The summed E-state index contributed by atoms with van der Waals surface area (Å²) >= 11 is 1.86. The van der Waals surface area contributed by atoms with Gasteiger partial charge in [0.25, 0.3) is 0 Å². The summed E-state index contributed by atoms with van der Waals surface area (Å²) < 4.78 is 0. The van der Waals surface area contributed by atoms with Crippen LogP contribution in [0, 0.1) is 0 Å². The molecule has 82 valence electrons. The zero-order valence-electron chi connectivity index (χ0n) is 9.29. The largest absolute Gasteiger partial charge is 0.383 e. The normalized spacial score (nSPS) is 14.6. The van der Waals surface area contributed by atoms with Crippen LogP contribution in [0.4, 0.5) is 5.82 Å². The Morgan fingerprint density at radius 1 is 1.33 bits per heavy atom. The average Bonchev–Trinajstić information content (AvgIpc) is 2.63. The number of nitrogens with zero attached hydrogens (tertiary/aromatic N) is 2. The van der Waals surface area contributed by atoms with Crippen LogP contribution in [-0.4, -0.2) is 15.2 Å². The van der Waals surface area contributed by atoms with E-state index in [2.05, 4.69) is 23.8 Å². The van der Waals surface area contributed by atoms with E-state index in [4.69, 9.17) is 5.73 Å². The first kappa shape index (κ1) is 10.7. The molecule has 0 fully saturated rings.